The van der Waals surface area contributed by atoms with E-state index in [9.17, 15) is 10.2 Å². The molecule has 4 N–H and O–H groups in total. The minimum atomic E-state index is -0.0752. The van der Waals surface area contributed by atoms with E-state index < -0.39 is 0 Å². The molecule has 19 heavy (non-hydrogen) atoms. The summed E-state index contributed by atoms with van der Waals surface area (Å²) in [7, 11) is 0. The van der Waals surface area contributed by atoms with Gasteiger partial charge in [0.2, 0.25) is 0 Å². The summed E-state index contributed by atoms with van der Waals surface area (Å²) >= 11 is 0. The lowest BCUT2D eigenvalue weighted by molar-refractivity contribution is 0.399. The molecule has 3 rings (SSSR count). The van der Waals surface area contributed by atoms with Crippen LogP contribution in [0.15, 0.2) is 42.5 Å². The normalized spacial score (nSPS) is 21.9. The van der Waals surface area contributed by atoms with E-state index in [1.165, 1.54) is 0 Å². The number of hydrogen-bond acceptors (Lipinski definition) is 3. The van der Waals surface area contributed by atoms with Gasteiger partial charge in [-0.1, -0.05) is 30.3 Å². The molecule has 1 aliphatic rings. The molecule has 0 saturated carbocycles. The molecule has 98 valence electrons. The highest BCUT2D eigenvalue weighted by Crippen LogP contribution is 2.40. The summed E-state index contributed by atoms with van der Waals surface area (Å²) in [5, 5.41) is 19.4. The Hall–Kier alpha value is -2.00. The van der Waals surface area contributed by atoms with E-state index in [2.05, 4.69) is 12.1 Å². The third-order valence-corrected chi connectivity index (χ3v) is 3.91. The van der Waals surface area contributed by atoms with Gasteiger partial charge < -0.3 is 15.9 Å². The van der Waals surface area contributed by atoms with E-state index >= 15 is 0 Å². The van der Waals surface area contributed by atoms with Gasteiger partial charge >= 0.3 is 0 Å². The quantitative estimate of drug-likeness (QED) is 0.686. The van der Waals surface area contributed by atoms with Crippen LogP contribution in [0.25, 0.3) is 0 Å². The van der Waals surface area contributed by atoms with Gasteiger partial charge in [-0.05, 0) is 41.7 Å². The fourth-order valence-corrected chi connectivity index (χ4v) is 2.95. The Morgan fingerprint density at radius 2 is 1.68 bits per heavy atom. The summed E-state index contributed by atoms with van der Waals surface area (Å²) in [5.74, 6) is -0.0498. The van der Waals surface area contributed by atoms with Crippen molar-refractivity contribution < 1.29 is 10.2 Å². The zero-order chi connectivity index (χ0) is 13.4. The van der Waals surface area contributed by atoms with Crippen LogP contribution in [0.4, 0.5) is 0 Å². The molecule has 0 spiro atoms. The number of hydrogen-bond donors (Lipinski definition) is 3. The summed E-state index contributed by atoms with van der Waals surface area (Å²) in [6.45, 7) is 0. The molecule has 2 atom stereocenters. The monoisotopic (exact) mass is 255 g/mol. The average Bonchev–Trinajstić information content (AvgIpc) is 2.42. The Labute approximate surface area is 112 Å². The van der Waals surface area contributed by atoms with Gasteiger partial charge in [0.1, 0.15) is 0 Å². The molecule has 2 aromatic rings. The number of aromatic hydroxyl groups is 2. The molecule has 0 bridgehead atoms. The molecule has 0 fully saturated rings. The molecule has 3 nitrogen and oxygen atoms in total. The van der Waals surface area contributed by atoms with Gasteiger partial charge in [0.25, 0.3) is 0 Å². The largest absolute Gasteiger partial charge is 0.504 e. The minimum absolute atomic E-state index is 0.0406. The van der Waals surface area contributed by atoms with Crippen LogP contribution in [0.3, 0.4) is 0 Å². The molecular formula is C16H17NO2. The standard InChI is InChI=1S/C16H17NO2/c17-13-7-6-11-8-14(18)15(19)9-12(11)16(13)10-4-2-1-3-5-10/h1-5,8-9,13,16,18-19H,6-7,17H2/t13?,16-/m1/s1. The van der Waals surface area contributed by atoms with Gasteiger partial charge in [0.05, 0.1) is 0 Å². The van der Waals surface area contributed by atoms with Crippen molar-refractivity contribution in [2.45, 2.75) is 24.8 Å². The number of fused-ring (bicyclic) bond motifs is 1. The van der Waals surface area contributed by atoms with Crippen LogP contribution < -0.4 is 5.73 Å². The van der Waals surface area contributed by atoms with Gasteiger partial charge in [-0.25, -0.2) is 0 Å². The van der Waals surface area contributed by atoms with Crippen LogP contribution in [0, 0.1) is 0 Å². The van der Waals surface area contributed by atoms with E-state index in [1.807, 2.05) is 18.2 Å². The first kappa shape index (κ1) is 12.1. The maximum absolute atomic E-state index is 9.74. The third-order valence-electron chi connectivity index (χ3n) is 3.91. The second-order valence-electron chi connectivity index (χ2n) is 5.13. The van der Waals surface area contributed by atoms with Crippen LogP contribution in [-0.4, -0.2) is 16.3 Å². The molecule has 0 heterocycles. The van der Waals surface area contributed by atoms with Crippen molar-refractivity contribution >= 4 is 0 Å². The molecular weight excluding hydrogens is 238 g/mol. The molecule has 1 aliphatic carbocycles. The number of aryl methyl sites for hydroxylation is 1. The second-order valence-corrected chi connectivity index (χ2v) is 5.13. The Morgan fingerprint density at radius 3 is 2.42 bits per heavy atom. The number of benzene rings is 2. The first-order chi connectivity index (χ1) is 9.16. The Bertz CT molecular complexity index is 595. The maximum atomic E-state index is 9.74. The van der Waals surface area contributed by atoms with Gasteiger partial charge in [-0.15, -0.1) is 0 Å². The fourth-order valence-electron chi connectivity index (χ4n) is 2.95. The Kier molecular flexibility index (Phi) is 2.91. The SMILES string of the molecule is NC1CCc2cc(O)c(O)cc2[C@H]1c1ccccc1. The van der Waals surface area contributed by atoms with Crippen molar-refractivity contribution in [3.63, 3.8) is 0 Å². The summed E-state index contributed by atoms with van der Waals surface area (Å²) in [6.07, 6.45) is 1.73. The fraction of sp³-hybridized carbons (Fsp3) is 0.250. The number of phenolic OH excluding ortho intramolecular Hbond substituents is 2. The highest BCUT2D eigenvalue weighted by Gasteiger charge is 2.29. The highest BCUT2D eigenvalue weighted by atomic mass is 16.3. The zero-order valence-corrected chi connectivity index (χ0v) is 10.6. The first-order valence-corrected chi connectivity index (χ1v) is 6.52. The lowest BCUT2D eigenvalue weighted by Gasteiger charge is -2.32. The van der Waals surface area contributed by atoms with Gasteiger partial charge in [-0.3, -0.25) is 0 Å². The molecule has 0 radical (unpaired) electrons. The van der Waals surface area contributed by atoms with Crippen LogP contribution >= 0.6 is 0 Å². The van der Waals surface area contributed by atoms with E-state index in [4.69, 9.17) is 5.73 Å². The molecule has 3 heteroatoms. The van der Waals surface area contributed by atoms with Crippen molar-refractivity contribution in [3.8, 4) is 11.5 Å². The van der Waals surface area contributed by atoms with Crippen molar-refractivity contribution in [1.29, 1.82) is 0 Å². The van der Waals surface area contributed by atoms with Gasteiger partial charge in [0.15, 0.2) is 11.5 Å². The summed E-state index contributed by atoms with van der Waals surface area (Å²) in [6, 6.07) is 13.4. The Morgan fingerprint density at radius 1 is 1.00 bits per heavy atom. The third kappa shape index (κ3) is 2.06. The number of nitrogens with two attached hydrogens (primary N) is 1. The molecule has 0 aliphatic heterocycles. The maximum Gasteiger partial charge on any atom is 0.157 e. The van der Waals surface area contributed by atoms with Crippen molar-refractivity contribution in [2.24, 2.45) is 5.73 Å². The molecule has 0 aromatic heterocycles. The summed E-state index contributed by atoms with van der Waals surface area (Å²) in [4.78, 5) is 0. The van der Waals surface area contributed by atoms with Gasteiger partial charge in [-0.2, -0.15) is 0 Å². The highest BCUT2D eigenvalue weighted by molar-refractivity contribution is 5.51. The predicted molar refractivity (Wildman–Crippen MR) is 74.4 cm³/mol. The zero-order valence-electron chi connectivity index (χ0n) is 10.6. The second kappa shape index (κ2) is 4.59. The first-order valence-electron chi connectivity index (χ1n) is 6.52. The summed E-state index contributed by atoms with van der Waals surface area (Å²) in [5.41, 5.74) is 9.53. The number of rotatable bonds is 1. The van der Waals surface area contributed by atoms with E-state index in [0.29, 0.717) is 0 Å². The number of phenols is 2. The van der Waals surface area contributed by atoms with Crippen LogP contribution in [0.5, 0.6) is 11.5 Å². The molecule has 2 aromatic carbocycles. The Balaban J connectivity index is 2.14. The predicted octanol–water partition coefficient (Wildman–Crippen LogP) is 2.50. The summed E-state index contributed by atoms with van der Waals surface area (Å²) < 4.78 is 0. The molecule has 1 unspecified atom stereocenters. The lowest BCUT2D eigenvalue weighted by atomic mass is 9.76. The van der Waals surface area contributed by atoms with Crippen molar-refractivity contribution in [3.05, 3.63) is 59.2 Å². The lowest BCUT2D eigenvalue weighted by Crippen LogP contribution is -2.33. The topological polar surface area (TPSA) is 66.5 Å². The van der Waals surface area contributed by atoms with E-state index in [-0.39, 0.29) is 23.5 Å². The minimum Gasteiger partial charge on any atom is -0.504 e. The van der Waals surface area contributed by atoms with Crippen LogP contribution in [-0.2, 0) is 6.42 Å². The van der Waals surface area contributed by atoms with Crippen LogP contribution in [0.1, 0.15) is 29.0 Å². The molecule has 0 saturated heterocycles. The van der Waals surface area contributed by atoms with Crippen molar-refractivity contribution in [1.82, 2.24) is 0 Å². The molecule has 0 amide bonds. The van der Waals surface area contributed by atoms with Crippen molar-refractivity contribution in [2.75, 3.05) is 0 Å². The van der Waals surface area contributed by atoms with E-state index in [0.717, 1.165) is 29.5 Å². The average molecular weight is 255 g/mol. The smallest absolute Gasteiger partial charge is 0.157 e. The van der Waals surface area contributed by atoms with Gasteiger partial charge in [0, 0.05) is 12.0 Å². The van der Waals surface area contributed by atoms with Crippen LogP contribution in [0.2, 0.25) is 0 Å². The van der Waals surface area contributed by atoms with E-state index in [1.54, 1.807) is 12.1 Å².